The van der Waals surface area contributed by atoms with Crippen molar-refractivity contribution < 1.29 is 9.69 Å². The minimum absolute atomic E-state index is 0.102. The van der Waals surface area contributed by atoms with E-state index >= 15 is 0 Å². The Balaban J connectivity index is 2.71. The lowest BCUT2D eigenvalue weighted by Gasteiger charge is -2.23. The van der Waals surface area contributed by atoms with Crippen LogP contribution in [0.1, 0.15) is 32.6 Å². The standard InChI is InChI=1S/C12H20NO2P/c1-4-10-7-6-8-11(16(10)15)9-13(3)12(14)5-2/h5,10H,2,4,6-9H2,1,3H3. The van der Waals surface area contributed by atoms with Gasteiger partial charge >= 0.3 is 0 Å². The molecule has 0 N–H and O–H groups in total. The quantitative estimate of drug-likeness (QED) is 0.553. The Hall–Kier alpha value is -0.660. The molecule has 0 saturated carbocycles. The predicted molar refractivity (Wildman–Crippen MR) is 67.7 cm³/mol. The molecule has 0 fully saturated rings. The van der Waals surface area contributed by atoms with Crippen molar-refractivity contribution in [3.8, 4) is 0 Å². The second kappa shape index (κ2) is 6.17. The monoisotopic (exact) mass is 241 g/mol. The lowest BCUT2D eigenvalue weighted by molar-refractivity contribution is -0.155. The largest absolute Gasteiger partial charge is 0.630 e. The van der Waals surface area contributed by atoms with Crippen LogP contribution in [0.4, 0.5) is 0 Å². The smallest absolute Gasteiger partial charge is 0.246 e. The highest BCUT2D eigenvalue weighted by Crippen LogP contribution is 2.35. The van der Waals surface area contributed by atoms with E-state index in [-0.39, 0.29) is 5.91 Å². The van der Waals surface area contributed by atoms with Gasteiger partial charge < -0.3 is 9.79 Å². The fourth-order valence-corrected chi connectivity index (χ4v) is 4.05. The number of rotatable bonds is 4. The van der Waals surface area contributed by atoms with Gasteiger partial charge in [-0.3, -0.25) is 4.79 Å². The van der Waals surface area contributed by atoms with Crippen molar-refractivity contribution in [2.75, 3.05) is 13.6 Å². The van der Waals surface area contributed by atoms with Crippen LogP contribution >= 0.6 is 7.77 Å². The Bertz CT molecular complexity index is 312. The van der Waals surface area contributed by atoms with Gasteiger partial charge in [0.15, 0.2) is 0 Å². The van der Waals surface area contributed by atoms with Crippen LogP contribution < -0.4 is 4.89 Å². The molecule has 1 rings (SSSR count). The summed E-state index contributed by atoms with van der Waals surface area (Å²) in [4.78, 5) is 25.1. The molecule has 0 bridgehead atoms. The van der Waals surface area contributed by atoms with Gasteiger partial charge in [0.1, 0.15) is 11.0 Å². The van der Waals surface area contributed by atoms with Crippen molar-refractivity contribution in [1.29, 1.82) is 0 Å². The lowest BCUT2D eigenvalue weighted by Crippen LogP contribution is -2.33. The molecule has 1 amide bonds. The molecule has 1 heterocycles. The summed E-state index contributed by atoms with van der Waals surface area (Å²) in [6.45, 7) is 6.06. The summed E-state index contributed by atoms with van der Waals surface area (Å²) in [5.41, 5.74) is 0.325. The molecule has 0 radical (unpaired) electrons. The molecule has 1 aliphatic rings. The number of hydrogen-bond acceptors (Lipinski definition) is 2. The average Bonchev–Trinajstić information content (AvgIpc) is 2.30. The number of amides is 1. The second-order valence-electron chi connectivity index (χ2n) is 4.24. The van der Waals surface area contributed by atoms with Crippen molar-refractivity contribution in [3.63, 3.8) is 0 Å². The highest BCUT2D eigenvalue weighted by Gasteiger charge is 2.26. The summed E-state index contributed by atoms with van der Waals surface area (Å²) >= 11 is 0. The maximum absolute atomic E-state index is 12.2. The second-order valence-corrected chi connectivity index (χ2v) is 6.26. The van der Waals surface area contributed by atoms with Crippen LogP contribution in [0.5, 0.6) is 0 Å². The predicted octanol–water partition coefficient (Wildman–Crippen LogP) is 1.52. The van der Waals surface area contributed by atoms with E-state index in [0.29, 0.717) is 12.2 Å². The Morgan fingerprint density at radius 3 is 3.00 bits per heavy atom. The molecule has 0 aromatic heterocycles. The lowest BCUT2D eigenvalue weighted by atomic mass is 10.1. The van der Waals surface area contributed by atoms with Crippen LogP contribution in [-0.4, -0.2) is 35.4 Å². The summed E-state index contributed by atoms with van der Waals surface area (Å²) in [5.74, 6) is -0.102. The van der Waals surface area contributed by atoms with E-state index in [2.05, 4.69) is 13.5 Å². The molecule has 3 nitrogen and oxygen atoms in total. The highest BCUT2D eigenvalue weighted by atomic mass is 31.1. The van der Waals surface area contributed by atoms with E-state index < -0.39 is 7.77 Å². The van der Waals surface area contributed by atoms with Crippen molar-refractivity contribution in [1.82, 2.24) is 4.90 Å². The van der Waals surface area contributed by atoms with Gasteiger partial charge in [0, 0.05) is 13.5 Å². The third kappa shape index (κ3) is 3.16. The number of carbonyl (C=O) groups is 1. The molecule has 16 heavy (non-hydrogen) atoms. The van der Waals surface area contributed by atoms with E-state index in [1.807, 2.05) is 0 Å². The van der Waals surface area contributed by atoms with Gasteiger partial charge in [-0.2, -0.15) is 0 Å². The Morgan fingerprint density at radius 2 is 2.44 bits per heavy atom. The number of carbonyl (C=O) groups excluding carboxylic acids is 1. The minimum Gasteiger partial charge on any atom is -0.630 e. The van der Waals surface area contributed by atoms with E-state index in [4.69, 9.17) is 0 Å². The highest BCUT2D eigenvalue weighted by molar-refractivity contribution is 7.52. The van der Waals surface area contributed by atoms with E-state index in [0.717, 1.165) is 31.0 Å². The van der Waals surface area contributed by atoms with Crippen molar-refractivity contribution >= 4 is 19.0 Å². The van der Waals surface area contributed by atoms with Gasteiger partial charge in [0.05, 0.1) is 14.3 Å². The molecular weight excluding hydrogens is 221 g/mol. The first-order valence-electron chi connectivity index (χ1n) is 5.78. The maximum Gasteiger partial charge on any atom is 0.246 e. The molecule has 0 spiro atoms. The Kier molecular flexibility index (Phi) is 5.17. The Morgan fingerprint density at radius 1 is 1.75 bits per heavy atom. The molecule has 2 atom stereocenters. The van der Waals surface area contributed by atoms with E-state index in [1.54, 1.807) is 11.9 Å². The fraction of sp³-hybridized carbons (Fsp3) is 0.667. The first kappa shape index (κ1) is 13.4. The number of nitrogens with zero attached hydrogens (tertiary/aromatic N) is 1. The van der Waals surface area contributed by atoms with Crippen molar-refractivity contribution in [3.05, 3.63) is 12.7 Å². The molecule has 1 aliphatic heterocycles. The maximum atomic E-state index is 12.2. The van der Waals surface area contributed by atoms with Gasteiger partial charge in [-0.1, -0.05) is 13.5 Å². The van der Waals surface area contributed by atoms with Crippen LogP contribution in [0.3, 0.4) is 0 Å². The van der Waals surface area contributed by atoms with Crippen LogP contribution in [0, 0.1) is 0 Å². The van der Waals surface area contributed by atoms with Gasteiger partial charge in [-0.15, -0.1) is 0 Å². The van der Waals surface area contributed by atoms with Crippen LogP contribution in [-0.2, 0) is 4.79 Å². The zero-order valence-electron chi connectivity index (χ0n) is 10.1. The molecule has 0 aromatic carbocycles. The third-order valence-electron chi connectivity index (χ3n) is 3.09. The first-order valence-corrected chi connectivity index (χ1v) is 7.11. The zero-order valence-corrected chi connectivity index (χ0v) is 11.0. The van der Waals surface area contributed by atoms with Gasteiger partial charge in [0.25, 0.3) is 0 Å². The molecule has 90 valence electrons. The summed E-state index contributed by atoms with van der Waals surface area (Å²) in [6.07, 6.45) is 5.34. The molecule has 0 aliphatic carbocycles. The molecular formula is C12H20NO2P. The summed E-state index contributed by atoms with van der Waals surface area (Å²) in [6, 6.07) is 0. The summed E-state index contributed by atoms with van der Waals surface area (Å²) in [7, 11) is 0.489. The molecule has 2 unspecified atom stereocenters. The van der Waals surface area contributed by atoms with Crippen molar-refractivity contribution in [2.45, 2.75) is 38.3 Å². The summed E-state index contributed by atoms with van der Waals surface area (Å²) in [5, 5.41) is 1.05. The SMILES string of the molecule is C=CC(=O)N(C)CC1=[P+]([O-])C(CC)CCC1. The minimum atomic E-state index is -1.24. The van der Waals surface area contributed by atoms with Crippen molar-refractivity contribution in [2.24, 2.45) is 0 Å². The van der Waals surface area contributed by atoms with Gasteiger partial charge in [-0.25, -0.2) is 0 Å². The van der Waals surface area contributed by atoms with Gasteiger partial charge in [0.2, 0.25) is 5.91 Å². The first-order chi connectivity index (χ1) is 7.60. The number of likely N-dealkylation sites (N-methyl/N-ethyl adjacent to an activating group) is 1. The van der Waals surface area contributed by atoms with Crippen LogP contribution in [0.25, 0.3) is 0 Å². The van der Waals surface area contributed by atoms with E-state index in [1.165, 1.54) is 6.08 Å². The number of hydrogen-bond donors (Lipinski definition) is 0. The molecule has 0 saturated heterocycles. The van der Waals surface area contributed by atoms with E-state index in [9.17, 15) is 9.69 Å². The Labute approximate surface area is 98.6 Å². The van der Waals surface area contributed by atoms with Gasteiger partial charge in [-0.05, 0) is 25.3 Å². The molecule has 4 heteroatoms. The average molecular weight is 241 g/mol. The topological polar surface area (TPSA) is 43.4 Å². The molecule has 0 aromatic rings. The van der Waals surface area contributed by atoms with Crippen LogP contribution in [0.2, 0.25) is 0 Å². The third-order valence-corrected chi connectivity index (χ3v) is 5.36. The zero-order chi connectivity index (χ0) is 12.1. The summed E-state index contributed by atoms with van der Waals surface area (Å²) < 4.78 is 0. The normalized spacial score (nSPS) is 23.1. The van der Waals surface area contributed by atoms with Crippen LogP contribution in [0.15, 0.2) is 12.7 Å². The fourth-order valence-electron chi connectivity index (χ4n) is 2.05.